The SMILES string of the molecule is Nc1cc2c(c(O)c1S)C(=O)c1ccccc1C2=O. The lowest BCUT2D eigenvalue weighted by Crippen LogP contribution is -2.21. The Morgan fingerprint density at radius 3 is 2.21 bits per heavy atom. The highest BCUT2D eigenvalue weighted by Gasteiger charge is 2.33. The van der Waals surface area contributed by atoms with Crippen molar-refractivity contribution in [3.63, 3.8) is 0 Å². The summed E-state index contributed by atoms with van der Waals surface area (Å²) in [6.45, 7) is 0. The molecule has 3 N–H and O–H groups in total. The van der Waals surface area contributed by atoms with E-state index in [9.17, 15) is 14.7 Å². The molecule has 0 radical (unpaired) electrons. The van der Waals surface area contributed by atoms with Gasteiger partial charge in [-0.05, 0) is 6.07 Å². The average molecular weight is 271 g/mol. The van der Waals surface area contributed by atoms with Crippen molar-refractivity contribution >= 4 is 29.9 Å². The number of anilines is 1. The third-order valence-electron chi connectivity index (χ3n) is 3.19. The van der Waals surface area contributed by atoms with Crippen molar-refractivity contribution in [3.05, 3.63) is 52.6 Å². The summed E-state index contributed by atoms with van der Waals surface area (Å²) in [4.78, 5) is 24.8. The van der Waals surface area contributed by atoms with Gasteiger partial charge in [0.25, 0.3) is 0 Å². The lowest BCUT2D eigenvalue weighted by molar-refractivity contribution is 0.0976. The van der Waals surface area contributed by atoms with Crippen LogP contribution in [0.15, 0.2) is 35.2 Å². The number of nitrogen functional groups attached to an aromatic ring is 1. The highest BCUT2D eigenvalue weighted by atomic mass is 32.1. The molecule has 0 saturated carbocycles. The van der Waals surface area contributed by atoms with Crippen molar-refractivity contribution in [2.45, 2.75) is 4.90 Å². The van der Waals surface area contributed by atoms with Crippen LogP contribution in [0.1, 0.15) is 31.8 Å². The number of carbonyl (C=O) groups excluding carboxylic acids is 2. The number of nitrogens with two attached hydrogens (primary N) is 1. The highest BCUT2D eigenvalue weighted by molar-refractivity contribution is 7.80. The Kier molecular flexibility index (Phi) is 2.40. The van der Waals surface area contributed by atoms with Gasteiger partial charge in [-0.25, -0.2) is 0 Å². The van der Waals surface area contributed by atoms with Crippen molar-refractivity contribution in [1.82, 2.24) is 0 Å². The Balaban J connectivity index is 2.40. The number of ketones is 2. The van der Waals surface area contributed by atoms with Crippen LogP contribution in [-0.4, -0.2) is 16.7 Å². The summed E-state index contributed by atoms with van der Waals surface area (Å²) >= 11 is 4.05. The van der Waals surface area contributed by atoms with Crippen LogP contribution in [-0.2, 0) is 0 Å². The number of phenols is 1. The summed E-state index contributed by atoms with van der Waals surface area (Å²) in [6.07, 6.45) is 0. The van der Waals surface area contributed by atoms with Gasteiger partial charge < -0.3 is 10.8 Å². The van der Waals surface area contributed by atoms with E-state index in [2.05, 4.69) is 12.6 Å². The molecule has 0 bridgehead atoms. The van der Waals surface area contributed by atoms with Crippen LogP contribution in [0.3, 0.4) is 0 Å². The average Bonchev–Trinajstić information content (AvgIpc) is 2.42. The molecule has 0 aromatic heterocycles. The molecule has 0 unspecified atom stereocenters. The lowest BCUT2D eigenvalue weighted by Gasteiger charge is -2.19. The van der Waals surface area contributed by atoms with Crippen LogP contribution in [0.5, 0.6) is 5.75 Å². The number of fused-ring (bicyclic) bond motifs is 2. The molecule has 1 aliphatic carbocycles. The molecule has 3 rings (SSSR count). The summed E-state index contributed by atoms with van der Waals surface area (Å²) in [5.74, 6) is -1.05. The first-order chi connectivity index (χ1) is 9.02. The molecular weight excluding hydrogens is 262 g/mol. The molecule has 0 aliphatic heterocycles. The Bertz CT molecular complexity index is 753. The van der Waals surface area contributed by atoms with E-state index >= 15 is 0 Å². The standard InChI is InChI=1S/C14H9NO3S/c15-9-5-8-10(13(18)14(9)19)12(17)7-4-2-1-3-6(7)11(8)16/h1-5,18-19H,15H2. The van der Waals surface area contributed by atoms with E-state index in [1.54, 1.807) is 24.3 Å². The normalized spacial score (nSPS) is 13.1. The summed E-state index contributed by atoms with van der Waals surface area (Å²) in [6, 6.07) is 7.89. The second kappa shape index (κ2) is 3.86. The number of rotatable bonds is 0. The van der Waals surface area contributed by atoms with Gasteiger partial charge in [0.05, 0.1) is 10.5 Å². The van der Waals surface area contributed by atoms with Gasteiger partial charge in [-0.1, -0.05) is 24.3 Å². The molecule has 0 atom stereocenters. The first kappa shape index (κ1) is 11.8. The minimum absolute atomic E-state index is 0.0251. The third kappa shape index (κ3) is 1.48. The van der Waals surface area contributed by atoms with Crippen molar-refractivity contribution in [3.8, 4) is 5.75 Å². The number of hydrogen-bond donors (Lipinski definition) is 3. The van der Waals surface area contributed by atoms with Gasteiger partial charge in [-0.15, -0.1) is 12.6 Å². The minimum Gasteiger partial charge on any atom is -0.506 e. The van der Waals surface area contributed by atoms with Gasteiger partial charge in [0.1, 0.15) is 5.75 Å². The van der Waals surface area contributed by atoms with Crippen LogP contribution in [0.4, 0.5) is 5.69 Å². The first-order valence-electron chi connectivity index (χ1n) is 5.55. The van der Waals surface area contributed by atoms with Crippen molar-refractivity contribution < 1.29 is 14.7 Å². The number of aromatic hydroxyl groups is 1. The fraction of sp³-hybridized carbons (Fsp3) is 0. The zero-order valence-electron chi connectivity index (χ0n) is 9.68. The van der Waals surface area contributed by atoms with Gasteiger partial charge in [0.15, 0.2) is 11.6 Å². The number of benzene rings is 2. The number of phenolic OH excluding ortho intramolecular Hbond substituents is 1. The zero-order chi connectivity index (χ0) is 13.7. The molecule has 0 amide bonds. The molecule has 0 saturated heterocycles. The topological polar surface area (TPSA) is 80.4 Å². The molecule has 2 aromatic rings. The monoisotopic (exact) mass is 271 g/mol. The van der Waals surface area contributed by atoms with E-state index < -0.39 is 5.78 Å². The van der Waals surface area contributed by atoms with E-state index in [-0.39, 0.29) is 38.8 Å². The Hall–Kier alpha value is -2.27. The summed E-state index contributed by atoms with van der Waals surface area (Å²) in [7, 11) is 0. The van der Waals surface area contributed by atoms with Crippen molar-refractivity contribution in [2.24, 2.45) is 0 Å². The molecular formula is C14H9NO3S. The highest BCUT2D eigenvalue weighted by Crippen LogP contribution is 2.39. The second-order valence-electron chi connectivity index (χ2n) is 4.29. The zero-order valence-corrected chi connectivity index (χ0v) is 10.6. The number of carbonyl (C=O) groups is 2. The predicted molar refractivity (Wildman–Crippen MR) is 73.1 cm³/mol. The number of thiol groups is 1. The van der Waals surface area contributed by atoms with Gasteiger partial charge in [0.2, 0.25) is 0 Å². The maximum Gasteiger partial charge on any atom is 0.198 e. The predicted octanol–water partition coefficient (Wildman–Crippen LogP) is 2.04. The summed E-state index contributed by atoms with van der Waals surface area (Å²) in [5, 5.41) is 10.0. The van der Waals surface area contributed by atoms with Gasteiger partial charge in [-0.2, -0.15) is 0 Å². The Labute approximate surface area is 114 Å². The smallest absolute Gasteiger partial charge is 0.198 e. The fourth-order valence-electron chi connectivity index (χ4n) is 2.25. The molecule has 0 fully saturated rings. The molecule has 94 valence electrons. The van der Waals surface area contributed by atoms with Crippen LogP contribution in [0, 0.1) is 0 Å². The van der Waals surface area contributed by atoms with E-state index in [1.807, 2.05) is 0 Å². The summed E-state index contributed by atoms with van der Waals surface area (Å²) in [5.41, 5.74) is 6.55. The maximum absolute atomic E-state index is 12.4. The van der Waals surface area contributed by atoms with E-state index in [1.165, 1.54) is 6.07 Å². The van der Waals surface area contributed by atoms with Gasteiger partial charge in [-0.3, -0.25) is 9.59 Å². The van der Waals surface area contributed by atoms with Crippen LogP contribution in [0.25, 0.3) is 0 Å². The van der Waals surface area contributed by atoms with E-state index in [0.29, 0.717) is 5.56 Å². The summed E-state index contributed by atoms with van der Waals surface area (Å²) < 4.78 is 0. The minimum atomic E-state index is -0.391. The lowest BCUT2D eigenvalue weighted by atomic mass is 9.83. The molecule has 4 nitrogen and oxygen atoms in total. The molecule has 19 heavy (non-hydrogen) atoms. The molecule has 0 heterocycles. The van der Waals surface area contributed by atoms with Crippen LogP contribution < -0.4 is 5.73 Å². The van der Waals surface area contributed by atoms with Crippen molar-refractivity contribution in [1.29, 1.82) is 0 Å². The molecule has 5 heteroatoms. The van der Waals surface area contributed by atoms with Gasteiger partial charge >= 0.3 is 0 Å². The van der Waals surface area contributed by atoms with Crippen LogP contribution in [0.2, 0.25) is 0 Å². The van der Waals surface area contributed by atoms with Gasteiger partial charge in [0, 0.05) is 22.4 Å². The van der Waals surface area contributed by atoms with Crippen molar-refractivity contribution in [2.75, 3.05) is 5.73 Å². The second-order valence-corrected chi connectivity index (χ2v) is 4.74. The number of hydrogen-bond acceptors (Lipinski definition) is 5. The Morgan fingerprint density at radius 2 is 1.58 bits per heavy atom. The molecule has 2 aromatic carbocycles. The third-order valence-corrected chi connectivity index (χ3v) is 3.66. The first-order valence-corrected chi connectivity index (χ1v) is 6.00. The Morgan fingerprint density at radius 1 is 1.00 bits per heavy atom. The van der Waals surface area contributed by atoms with E-state index in [0.717, 1.165) is 0 Å². The fourth-order valence-corrected chi connectivity index (χ4v) is 2.42. The largest absolute Gasteiger partial charge is 0.506 e. The quantitative estimate of drug-likeness (QED) is 0.432. The molecule has 0 spiro atoms. The van der Waals surface area contributed by atoms with E-state index in [4.69, 9.17) is 5.73 Å². The van der Waals surface area contributed by atoms with Crippen LogP contribution >= 0.6 is 12.6 Å². The molecule has 1 aliphatic rings. The maximum atomic E-state index is 12.4.